The van der Waals surface area contributed by atoms with Crippen molar-refractivity contribution < 1.29 is 14.4 Å². The summed E-state index contributed by atoms with van der Waals surface area (Å²) in [6, 6.07) is 13.8. The lowest BCUT2D eigenvalue weighted by Gasteiger charge is -2.25. The number of amides is 4. The number of carbonyl (C=O) groups is 3. The highest BCUT2D eigenvalue weighted by Gasteiger charge is 2.45. The summed E-state index contributed by atoms with van der Waals surface area (Å²) in [5, 5.41) is 8.49. The Labute approximate surface area is 169 Å². The first-order valence-electron chi connectivity index (χ1n) is 9.82. The molecule has 1 fully saturated rings. The zero-order valence-corrected chi connectivity index (χ0v) is 16.4. The van der Waals surface area contributed by atoms with E-state index in [9.17, 15) is 14.4 Å². The van der Waals surface area contributed by atoms with Crippen molar-refractivity contribution in [2.75, 3.05) is 11.9 Å². The number of fused-ring (bicyclic) bond motifs is 2. The molecule has 2 atom stereocenters. The predicted molar refractivity (Wildman–Crippen MR) is 111 cm³/mol. The number of hydrogen-bond acceptors (Lipinski definition) is 3. The van der Waals surface area contributed by atoms with Crippen LogP contribution in [0.5, 0.6) is 0 Å². The molecule has 4 rings (SSSR count). The molecule has 2 aromatic carbocycles. The van der Waals surface area contributed by atoms with Crippen molar-refractivity contribution in [1.82, 2.24) is 15.5 Å². The second-order valence-corrected chi connectivity index (χ2v) is 7.73. The summed E-state index contributed by atoms with van der Waals surface area (Å²) < 4.78 is 0. The van der Waals surface area contributed by atoms with E-state index in [2.05, 4.69) is 16.0 Å². The molecule has 0 bridgehead atoms. The molecule has 2 heterocycles. The van der Waals surface area contributed by atoms with Crippen LogP contribution in [0.25, 0.3) is 11.1 Å². The first-order chi connectivity index (χ1) is 13.9. The smallest absolute Gasteiger partial charge is 0.315 e. The Morgan fingerprint density at radius 3 is 2.59 bits per heavy atom. The van der Waals surface area contributed by atoms with Gasteiger partial charge in [0.05, 0.1) is 17.3 Å². The van der Waals surface area contributed by atoms with Crippen LogP contribution in [0.1, 0.15) is 30.6 Å². The quantitative estimate of drug-likeness (QED) is 0.750. The molecule has 29 heavy (non-hydrogen) atoms. The maximum Gasteiger partial charge on any atom is 0.315 e. The van der Waals surface area contributed by atoms with Gasteiger partial charge in [-0.05, 0) is 43.5 Å². The van der Waals surface area contributed by atoms with Crippen LogP contribution >= 0.6 is 0 Å². The molecule has 0 aliphatic carbocycles. The van der Waals surface area contributed by atoms with Gasteiger partial charge in [-0.3, -0.25) is 9.59 Å². The van der Waals surface area contributed by atoms with Gasteiger partial charge in [0.25, 0.3) is 5.91 Å². The van der Waals surface area contributed by atoms with Crippen LogP contribution in [0, 0.1) is 0 Å². The lowest BCUT2D eigenvalue weighted by molar-refractivity contribution is -0.120. The molecule has 7 heteroatoms. The molecule has 0 saturated carbocycles. The van der Waals surface area contributed by atoms with Gasteiger partial charge in [-0.15, -0.1) is 0 Å². The molecule has 7 nitrogen and oxygen atoms in total. The van der Waals surface area contributed by atoms with Crippen molar-refractivity contribution in [2.45, 2.75) is 38.4 Å². The van der Waals surface area contributed by atoms with Gasteiger partial charge in [0, 0.05) is 12.6 Å². The summed E-state index contributed by atoms with van der Waals surface area (Å²) in [7, 11) is 0. The van der Waals surface area contributed by atoms with Gasteiger partial charge in [0.15, 0.2) is 0 Å². The minimum Gasteiger partial charge on any atom is -0.336 e. The Morgan fingerprint density at radius 2 is 1.86 bits per heavy atom. The second kappa shape index (κ2) is 7.58. The average molecular weight is 392 g/mol. The first kappa shape index (κ1) is 19.0. The van der Waals surface area contributed by atoms with E-state index < -0.39 is 12.1 Å². The molecule has 150 valence electrons. The molecule has 2 aliphatic heterocycles. The number of anilines is 1. The molecule has 0 radical (unpaired) electrons. The van der Waals surface area contributed by atoms with Crippen molar-refractivity contribution in [1.29, 1.82) is 0 Å². The van der Waals surface area contributed by atoms with Crippen molar-refractivity contribution >= 4 is 23.5 Å². The van der Waals surface area contributed by atoms with Crippen LogP contribution < -0.4 is 16.0 Å². The van der Waals surface area contributed by atoms with Crippen molar-refractivity contribution in [3.05, 3.63) is 54.1 Å². The highest BCUT2D eigenvalue weighted by Crippen LogP contribution is 2.32. The molecule has 2 aliphatic rings. The minimum absolute atomic E-state index is 0.0160. The summed E-state index contributed by atoms with van der Waals surface area (Å²) in [6.45, 7) is 4.14. The predicted octanol–water partition coefficient (Wildman–Crippen LogP) is 2.60. The molecule has 1 saturated heterocycles. The Hall–Kier alpha value is -3.35. The first-order valence-corrected chi connectivity index (χ1v) is 9.82. The summed E-state index contributed by atoms with van der Waals surface area (Å²) in [4.78, 5) is 39.8. The maximum atomic E-state index is 13.3. The third kappa shape index (κ3) is 3.68. The maximum absolute atomic E-state index is 13.3. The van der Waals surface area contributed by atoms with E-state index in [1.807, 2.05) is 56.3 Å². The van der Waals surface area contributed by atoms with Gasteiger partial charge in [-0.25, -0.2) is 4.79 Å². The van der Waals surface area contributed by atoms with Crippen LogP contribution in [0.15, 0.2) is 48.5 Å². The van der Waals surface area contributed by atoms with Crippen molar-refractivity contribution in [3.8, 4) is 11.1 Å². The number of carbonyl (C=O) groups excluding carboxylic acids is 3. The normalized spacial score (nSPS) is 20.6. The van der Waals surface area contributed by atoms with E-state index in [1.165, 1.54) is 0 Å². The molecule has 0 spiro atoms. The van der Waals surface area contributed by atoms with Gasteiger partial charge < -0.3 is 20.9 Å². The molecule has 2 unspecified atom stereocenters. The molecular weight excluding hydrogens is 368 g/mol. The average Bonchev–Trinajstić information content (AvgIpc) is 3.07. The van der Waals surface area contributed by atoms with Gasteiger partial charge in [-0.2, -0.15) is 0 Å². The number of hydrogen-bond donors (Lipinski definition) is 3. The monoisotopic (exact) mass is 392 g/mol. The van der Waals surface area contributed by atoms with Gasteiger partial charge in [0.2, 0.25) is 5.91 Å². The van der Waals surface area contributed by atoms with E-state index in [-0.39, 0.29) is 23.9 Å². The van der Waals surface area contributed by atoms with Crippen LogP contribution in [0.4, 0.5) is 10.5 Å². The molecule has 3 N–H and O–H groups in total. The van der Waals surface area contributed by atoms with E-state index in [1.54, 1.807) is 11.0 Å². The number of nitrogens with one attached hydrogen (secondary N) is 3. The summed E-state index contributed by atoms with van der Waals surface area (Å²) >= 11 is 0. The van der Waals surface area contributed by atoms with E-state index in [0.717, 1.165) is 11.1 Å². The number of benzene rings is 2. The summed E-state index contributed by atoms with van der Waals surface area (Å²) in [6.07, 6.45) is 0.531. The highest BCUT2D eigenvalue weighted by atomic mass is 16.2. The lowest BCUT2D eigenvalue weighted by atomic mass is 10.0. The fourth-order valence-corrected chi connectivity index (χ4v) is 3.97. The van der Waals surface area contributed by atoms with Gasteiger partial charge in [0.1, 0.15) is 6.04 Å². The third-order valence-electron chi connectivity index (χ3n) is 5.28. The summed E-state index contributed by atoms with van der Waals surface area (Å²) in [5.74, 6) is -0.480. The topological polar surface area (TPSA) is 90.5 Å². The number of urea groups is 1. The van der Waals surface area contributed by atoms with E-state index >= 15 is 0 Å². The fourth-order valence-electron chi connectivity index (χ4n) is 3.97. The van der Waals surface area contributed by atoms with Crippen LogP contribution in [0.2, 0.25) is 0 Å². The second-order valence-electron chi connectivity index (χ2n) is 7.73. The molecule has 0 aromatic heterocycles. The van der Waals surface area contributed by atoms with E-state index in [0.29, 0.717) is 24.2 Å². The third-order valence-corrected chi connectivity index (χ3v) is 5.28. The Balaban J connectivity index is 1.62. The molecule has 2 aromatic rings. The number of rotatable bonds is 3. The van der Waals surface area contributed by atoms with Crippen LogP contribution in [-0.4, -0.2) is 47.4 Å². The van der Waals surface area contributed by atoms with Crippen LogP contribution in [-0.2, 0) is 4.79 Å². The Kier molecular flexibility index (Phi) is 4.96. The largest absolute Gasteiger partial charge is 0.336 e. The fraction of sp³-hybridized carbons (Fsp3) is 0.318. The minimum atomic E-state index is -0.729. The van der Waals surface area contributed by atoms with Gasteiger partial charge in [-0.1, -0.05) is 36.4 Å². The van der Waals surface area contributed by atoms with Crippen molar-refractivity contribution in [3.63, 3.8) is 0 Å². The molecule has 4 amide bonds. The SMILES string of the molecule is CC(C)NC(=O)NC1CCN2C(=O)c3cc(-c4ccccc4)ccc3NC(=O)C12. The summed E-state index contributed by atoms with van der Waals surface area (Å²) in [5.41, 5.74) is 2.88. The number of nitrogens with zero attached hydrogens (tertiary/aromatic N) is 1. The van der Waals surface area contributed by atoms with Crippen molar-refractivity contribution in [2.24, 2.45) is 0 Å². The van der Waals surface area contributed by atoms with Crippen LogP contribution in [0.3, 0.4) is 0 Å². The zero-order chi connectivity index (χ0) is 20.5. The standard InChI is InChI=1S/C22H24N4O3/c1-13(2)23-22(29)25-18-10-11-26-19(18)20(27)24-17-9-8-15(12-16(17)21(26)28)14-6-4-3-5-7-14/h3-9,12-13,18-19H,10-11H2,1-2H3,(H,24,27)(H2,23,25,29). The zero-order valence-electron chi connectivity index (χ0n) is 16.4. The van der Waals surface area contributed by atoms with E-state index in [4.69, 9.17) is 0 Å². The van der Waals surface area contributed by atoms with Gasteiger partial charge >= 0.3 is 6.03 Å². The molecular formula is C22H24N4O3. The Bertz CT molecular complexity index is 958. The lowest BCUT2D eigenvalue weighted by Crippen LogP contribution is -2.54. The Morgan fingerprint density at radius 1 is 1.10 bits per heavy atom. The highest BCUT2D eigenvalue weighted by molar-refractivity contribution is 6.11.